The Morgan fingerprint density at radius 2 is 1.80 bits per heavy atom. The van der Waals surface area contributed by atoms with Crippen LogP contribution in [0.4, 0.5) is 0 Å². The number of nitrogens with one attached hydrogen (secondary N) is 1. The molecule has 0 aromatic heterocycles. The van der Waals surface area contributed by atoms with Crippen molar-refractivity contribution in [2.45, 2.75) is 65.6 Å². The number of carbonyl (C=O) groups is 2. The minimum absolute atomic E-state index is 0.0666. The van der Waals surface area contributed by atoms with Gasteiger partial charge in [-0.3, -0.25) is 9.59 Å². The molecule has 0 saturated carbocycles. The van der Waals surface area contributed by atoms with Crippen molar-refractivity contribution in [1.82, 2.24) is 10.2 Å². The highest BCUT2D eigenvalue weighted by atomic mass is 16.5. The third kappa shape index (κ3) is 6.61. The topological polar surface area (TPSA) is 58.6 Å². The lowest BCUT2D eigenvalue weighted by Crippen LogP contribution is -2.53. The summed E-state index contributed by atoms with van der Waals surface area (Å²) in [6, 6.07) is 14.9. The summed E-state index contributed by atoms with van der Waals surface area (Å²) < 4.78 is 5.33. The number of nitrogens with zero attached hydrogens (tertiary/aromatic N) is 1. The van der Waals surface area contributed by atoms with Gasteiger partial charge in [0, 0.05) is 12.1 Å². The van der Waals surface area contributed by atoms with E-state index in [1.54, 1.807) is 12.0 Å². The quantitative estimate of drug-likeness (QED) is 0.707. The monoisotopic (exact) mass is 410 g/mol. The molecule has 0 saturated heterocycles. The first-order chi connectivity index (χ1) is 14.1. The maximum absolute atomic E-state index is 13.4. The molecule has 0 heterocycles. The first-order valence-corrected chi connectivity index (χ1v) is 10.4. The third-order valence-electron chi connectivity index (χ3n) is 4.97. The number of rotatable bonds is 8. The normalized spacial score (nSPS) is 12.2. The minimum Gasteiger partial charge on any atom is -0.497 e. The van der Waals surface area contributed by atoms with Gasteiger partial charge in [0.05, 0.1) is 13.5 Å². The molecular weight excluding hydrogens is 376 g/mol. The Morgan fingerprint density at radius 1 is 1.10 bits per heavy atom. The Bertz CT molecular complexity index is 871. The van der Waals surface area contributed by atoms with Gasteiger partial charge in [-0.25, -0.2) is 0 Å². The summed E-state index contributed by atoms with van der Waals surface area (Å²) in [6.45, 7) is 10.1. The van der Waals surface area contributed by atoms with Crippen LogP contribution in [0.25, 0.3) is 0 Å². The predicted molar refractivity (Wildman–Crippen MR) is 120 cm³/mol. The van der Waals surface area contributed by atoms with Crippen LogP contribution in [-0.4, -0.2) is 35.4 Å². The Kier molecular flexibility index (Phi) is 8.04. The smallest absolute Gasteiger partial charge is 0.243 e. The van der Waals surface area contributed by atoms with Crippen molar-refractivity contribution >= 4 is 11.8 Å². The van der Waals surface area contributed by atoms with E-state index in [0.29, 0.717) is 13.0 Å². The van der Waals surface area contributed by atoms with Crippen LogP contribution >= 0.6 is 0 Å². The molecule has 162 valence electrons. The van der Waals surface area contributed by atoms with Crippen molar-refractivity contribution in [2.24, 2.45) is 0 Å². The summed E-state index contributed by atoms with van der Waals surface area (Å²) in [7, 11) is 1.62. The van der Waals surface area contributed by atoms with Crippen LogP contribution in [-0.2, 0) is 22.6 Å². The lowest BCUT2D eigenvalue weighted by Gasteiger charge is -2.33. The van der Waals surface area contributed by atoms with Crippen LogP contribution in [0.1, 0.15) is 50.8 Å². The molecule has 1 atom stereocenters. The van der Waals surface area contributed by atoms with Gasteiger partial charge in [-0.2, -0.15) is 0 Å². The van der Waals surface area contributed by atoms with Crippen molar-refractivity contribution in [3.63, 3.8) is 0 Å². The minimum atomic E-state index is -0.549. The molecule has 0 aliphatic heterocycles. The first kappa shape index (κ1) is 23.5. The molecule has 0 unspecified atom stereocenters. The average molecular weight is 411 g/mol. The number of benzene rings is 2. The van der Waals surface area contributed by atoms with Crippen molar-refractivity contribution in [1.29, 1.82) is 0 Å². The standard InChI is InChI=1S/C25H34N2O3/c1-7-22(24(29)26-25(3,4)5)27(17-19-12-10-14-21(15-19)30-6)23(28)16-20-13-9-8-11-18(20)2/h8-15,22H,7,16-17H2,1-6H3,(H,26,29)/t22-/m1/s1. The van der Waals surface area contributed by atoms with E-state index < -0.39 is 6.04 Å². The largest absolute Gasteiger partial charge is 0.497 e. The van der Waals surface area contributed by atoms with Crippen LogP contribution in [0.3, 0.4) is 0 Å². The van der Waals surface area contributed by atoms with Crippen LogP contribution in [0, 0.1) is 6.92 Å². The lowest BCUT2D eigenvalue weighted by atomic mass is 10.0. The summed E-state index contributed by atoms with van der Waals surface area (Å²) in [5, 5.41) is 3.03. The highest BCUT2D eigenvalue weighted by molar-refractivity contribution is 5.89. The first-order valence-electron chi connectivity index (χ1n) is 10.4. The SMILES string of the molecule is CC[C@H](C(=O)NC(C)(C)C)N(Cc1cccc(OC)c1)C(=O)Cc1ccccc1C. The van der Waals surface area contributed by atoms with E-state index in [4.69, 9.17) is 4.74 Å². The molecule has 0 fully saturated rings. The Balaban J connectivity index is 2.35. The zero-order valence-corrected chi connectivity index (χ0v) is 19.0. The molecule has 2 aromatic rings. The molecule has 1 N–H and O–H groups in total. The predicted octanol–water partition coefficient (Wildman–Crippen LogP) is 4.27. The molecule has 5 heteroatoms. The molecule has 5 nitrogen and oxygen atoms in total. The summed E-state index contributed by atoms with van der Waals surface area (Å²) in [5.74, 6) is 0.528. The van der Waals surface area contributed by atoms with E-state index in [2.05, 4.69) is 5.32 Å². The number of carbonyl (C=O) groups excluding carboxylic acids is 2. The van der Waals surface area contributed by atoms with E-state index in [1.807, 2.05) is 83.1 Å². The van der Waals surface area contributed by atoms with Crippen LogP contribution in [0.2, 0.25) is 0 Å². The van der Waals surface area contributed by atoms with E-state index in [0.717, 1.165) is 22.4 Å². The molecule has 0 aliphatic rings. The van der Waals surface area contributed by atoms with E-state index in [9.17, 15) is 9.59 Å². The zero-order valence-electron chi connectivity index (χ0n) is 19.0. The van der Waals surface area contributed by atoms with E-state index in [1.165, 1.54) is 0 Å². The number of aryl methyl sites for hydroxylation is 1. The number of hydrogen-bond acceptors (Lipinski definition) is 3. The molecule has 2 rings (SSSR count). The fraction of sp³-hybridized carbons (Fsp3) is 0.440. The molecule has 0 aliphatic carbocycles. The van der Waals surface area contributed by atoms with Gasteiger partial charge in [-0.15, -0.1) is 0 Å². The summed E-state index contributed by atoms with van der Waals surface area (Å²) in [4.78, 5) is 28.1. The molecule has 0 radical (unpaired) electrons. The molecular formula is C25H34N2O3. The molecule has 30 heavy (non-hydrogen) atoms. The van der Waals surface area contributed by atoms with Gasteiger partial charge in [0.25, 0.3) is 0 Å². The van der Waals surface area contributed by atoms with E-state index in [-0.39, 0.29) is 23.8 Å². The second-order valence-corrected chi connectivity index (χ2v) is 8.64. The van der Waals surface area contributed by atoms with Gasteiger partial charge >= 0.3 is 0 Å². The van der Waals surface area contributed by atoms with E-state index >= 15 is 0 Å². The van der Waals surface area contributed by atoms with Gasteiger partial charge in [0.2, 0.25) is 11.8 Å². The maximum atomic E-state index is 13.4. The van der Waals surface area contributed by atoms with Crippen molar-refractivity contribution < 1.29 is 14.3 Å². The average Bonchev–Trinajstić information content (AvgIpc) is 2.68. The highest BCUT2D eigenvalue weighted by Crippen LogP contribution is 2.19. The highest BCUT2D eigenvalue weighted by Gasteiger charge is 2.30. The summed E-state index contributed by atoms with van der Waals surface area (Å²) in [5.41, 5.74) is 2.60. The molecule has 2 aromatic carbocycles. The van der Waals surface area contributed by atoms with Gasteiger partial charge in [-0.05, 0) is 62.9 Å². The van der Waals surface area contributed by atoms with Crippen LogP contribution < -0.4 is 10.1 Å². The van der Waals surface area contributed by atoms with Gasteiger partial charge in [0.15, 0.2) is 0 Å². The zero-order chi connectivity index (χ0) is 22.3. The fourth-order valence-electron chi connectivity index (χ4n) is 3.41. The molecule has 0 bridgehead atoms. The number of amides is 2. The second-order valence-electron chi connectivity index (χ2n) is 8.64. The van der Waals surface area contributed by atoms with Crippen LogP contribution in [0.5, 0.6) is 5.75 Å². The Labute approximate surface area is 180 Å². The van der Waals surface area contributed by atoms with Gasteiger partial charge < -0.3 is 15.0 Å². The van der Waals surface area contributed by atoms with Crippen LogP contribution in [0.15, 0.2) is 48.5 Å². The lowest BCUT2D eigenvalue weighted by molar-refractivity contribution is -0.141. The number of hydrogen-bond donors (Lipinski definition) is 1. The molecule has 2 amide bonds. The number of methoxy groups -OCH3 is 1. The summed E-state index contributed by atoms with van der Waals surface area (Å²) in [6.07, 6.45) is 0.793. The van der Waals surface area contributed by atoms with Crippen molar-refractivity contribution in [3.8, 4) is 5.75 Å². The second kappa shape index (κ2) is 10.3. The third-order valence-corrected chi connectivity index (χ3v) is 4.97. The molecule has 0 spiro atoms. The number of ether oxygens (including phenoxy) is 1. The van der Waals surface area contributed by atoms with Crippen molar-refractivity contribution in [3.05, 3.63) is 65.2 Å². The Morgan fingerprint density at radius 3 is 2.40 bits per heavy atom. The van der Waals surface area contributed by atoms with Gasteiger partial charge in [0.1, 0.15) is 11.8 Å². The fourth-order valence-corrected chi connectivity index (χ4v) is 3.41. The van der Waals surface area contributed by atoms with Gasteiger partial charge in [-0.1, -0.05) is 43.3 Å². The summed E-state index contributed by atoms with van der Waals surface area (Å²) >= 11 is 0. The maximum Gasteiger partial charge on any atom is 0.243 e. The Hall–Kier alpha value is -2.82. The van der Waals surface area contributed by atoms with Crippen molar-refractivity contribution in [2.75, 3.05) is 7.11 Å².